The van der Waals surface area contributed by atoms with E-state index < -0.39 is 0 Å². The monoisotopic (exact) mass is 426 g/mol. The average Bonchev–Trinajstić information content (AvgIpc) is 3.29. The van der Waals surface area contributed by atoms with Crippen molar-refractivity contribution in [1.29, 1.82) is 0 Å². The predicted octanol–water partition coefficient (Wildman–Crippen LogP) is 5.79. The Kier molecular flexibility index (Phi) is 4.56. The topological polar surface area (TPSA) is 42.4 Å². The minimum absolute atomic E-state index is 0.0446. The van der Waals surface area contributed by atoms with Gasteiger partial charge in [0.15, 0.2) is 0 Å². The van der Waals surface area contributed by atoms with Crippen LogP contribution in [0, 0.1) is 5.82 Å². The van der Waals surface area contributed by atoms with Crippen LogP contribution in [0.3, 0.4) is 0 Å². The predicted molar refractivity (Wildman–Crippen MR) is 121 cm³/mol. The highest BCUT2D eigenvalue weighted by atomic mass is 19.1. The van der Waals surface area contributed by atoms with Gasteiger partial charge < -0.3 is 4.74 Å². The fraction of sp³-hybridized carbons (Fsp3) is 0.259. The summed E-state index contributed by atoms with van der Waals surface area (Å²) in [7, 11) is 0. The quantitative estimate of drug-likeness (QED) is 0.532. The second-order valence-electron chi connectivity index (χ2n) is 8.76. The molecule has 1 saturated heterocycles. The smallest absolute Gasteiger partial charge is 0.410 e. The van der Waals surface area contributed by atoms with E-state index in [-0.39, 0.29) is 29.9 Å². The van der Waals surface area contributed by atoms with E-state index in [4.69, 9.17) is 4.74 Å². The van der Waals surface area contributed by atoms with Gasteiger partial charge in [-0.1, -0.05) is 54.6 Å². The number of carbonyl (C=O) groups is 1. The minimum Gasteiger partial charge on any atom is -0.448 e. The number of carbonyl (C=O) groups excluding carboxylic acids is 1. The third kappa shape index (κ3) is 3.03. The first-order chi connectivity index (χ1) is 15.7. The van der Waals surface area contributed by atoms with Crippen molar-refractivity contribution >= 4 is 11.7 Å². The molecule has 4 nitrogen and oxygen atoms in total. The molecule has 160 valence electrons. The lowest BCUT2D eigenvalue weighted by atomic mass is 9.95. The third-order valence-electron chi connectivity index (χ3n) is 7.06. The number of ether oxygens (including phenoxy) is 1. The molecule has 0 N–H and O–H groups in total. The van der Waals surface area contributed by atoms with Crippen LogP contribution in [0.5, 0.6) is 0 Å². The van der Waals surface area contributed by atoms with Crippen LogP contribution in [-0.4, -0.2) is 34.7 Å². The Morgan fingerprint density at radius 2 is 1.72 bits per heavy atom. The number of amides is 1. The van der Waals surface area contributed by atoms with Crippen LogP contribution in [0.4, 0.5) is 9.18 Å². The summed E-state index contributed by atoms with van der Waals surface area (Å²) in [5, 5.41) is 0. The summed E-state index contributed by atoms with van der Waals surface area (Å²) in [6, 6.07) is 18.4. The number of aromatic nitrogens is 1. The maximum atomic E-state index is 14.2. The zero-order valence-corrected chi connectivity index (χ0v) is 17.6. The second kappa shape index (κ2) is 7.59. The number of halogens is 1. The van der Waals surface area contributed by atoms with Gasteiger partial charge in [0.2, 0.25) is 0 Å². The van der Waals surface area contributed by atoms with Crippen molar-refractivity contribution in [2.45, 2.75) is 37.3 Å². The molecule has 2 unspecified atom stereocenters. The SMILES string of the molecule is O=C(OCC1c2ccccc2-c2ccccc21)N1C2C=C(c3ccncc3F)CC1CC2. The summed E-state index contributed by atoms with van der Waals surface area (Å²) in [5.74, 6) is -0.265. The number of pyridine rings is 1. The van der Waals surface area contributed by atoms with Crippen LogP contribution >= 0.6 is 0 Å². The van der Waals surface area contributed by atoms with E-state index in [1.165, 1.54) is 28.5 Å². The van der Waals surface area contributed by atoms with E-state index in [2.05, 4.69) is 29.2 Å². The molecule has 0 spiro atoms. The van der Waals surface area contributed by atoms with Crippen LogP contribution in [0.25, 0.3) is 16.7 Å². The molecular weight excluding hydrogens is 403 g/mol. The van der Waals surface area contributed by atoms with E-state index in [9.17, 15) is 9.18 Å². The van der Waals surface area contributed by atoms with Gasteiger partial charge in [-0.15, -0.1) is 0 Å². The first-order valence-corrected chi connectivity index (χ1v) is 11.1. The maximum absolute atomic E-state index is 14.2. The fourth-order valence-corrected chi connectivity index (χ4v) is 5.62. The number of hydrogen-bond donors (Lipinski definition) is 0. The number of nitrogens with zero attached hydrogens (tertiary/aromatic N) is 2. The molecule has 3 heterocycles. The summed E-state index contributed by atoms with van der Waals surface area (Å²) >= 11 is 0. The van der Waals surface area contributed by atoms with Crippen LogP contribution in [0.15, 0.2) is 73.1 Å². The maximum Gasteiger partial charge on any atom is 0.410 e. The summed E-state index contributed by atoms with van der Waals surface area (Å²) < 4.78 is 20.1. The van der Waals surface area contributed by atoms with Gasteiger partial charge in [-0.05, 0) is 53.2 Å². The Hall–Kier alpha value is -3.47. The zero-order valence-electron chi connectivity index (χ0n) is 17.6. The number of fused-ring (bicyclic) bond motifs is 5. The molecule has 0 saturated carbocycles. The van der Waals surface area contributed by atoms with E-state index in [1.54, 1.807) is 12.3 Å². The fourth-order valence-electron chi connectivity index (χ4n) is 5.62. The summed E-state index contributed by atoms with van der Waals surface area (Å²) in [4.78, 5) is 18.8. The molecule has 0 radical (unpaired) electrons. The van der Waals surface area contributed by atoms with Gasteiger partial charge in [-0.3, -0.25) is 9.88 Å². The first kappa shape index (κ1) is 19.2. The lowest BCUT2D eigenvalue weighted by molar-refractivity contribution is 0.0866. The van der Waals surface area contributed by atoms with Crippen molar-refractivity contribution in [2.24, 2.45) is 0 Å². The van der Waals surface area contributed by atoms with Crippen molar-refractivity contribution in [2.75, 3.05) is 6.61 Å². The summed E-state index contributed by atoms with van der Waals surface area (Å²) in [5.41, 5.74) is 6.39. The van der Waals surface area contributed by atoms with E-state index in [1.807, 2.05) is 35.2 Å². The third-order valence-corrected chi connectivity index (χ3v) is 7.06. The molecular formula is C27H23FN2O2. The van der Waals surface area contributed by atoms with Crippen molar-refractivity contribution < 1.29 is 13.9 Å². The van der Waals surface area contributed by atoms with Crippen molar-refractivity contribution in [3.63, 3.8) is 0 Å². The molecule has 2 aromatic carbocycles. The van der Waals surface area contributed by atoms with E-state index in [0.29, 0.717) is 18.6 Å². The van der Waals surface area contributed by atoms with E-state index in [0.717, 1.165) is 18.4 Å². The van der Waals surface area contributed by atoms with Crippen molar-refractivity contribution in [1.82, 2.24) is 9.88 Å². The molecule has 1 amide bonds. The van der Waals surface area contributed by atoms with E-state index >= 15 is 0 Å². The molecule has 1 fully saturated rings. The molecule has 5 heteroatoms. The molecule has 2 bridgehead atoms. The molecule has 32 heavy (non-hydrogen) atoms. The van der Waals surface area contributed by atoms with Gasteiger partial charge in [-0.25, -0.2) is 9.18 Å². The highest BCUT2D eigenvalue weighted by Gasteiger charge is 2.41. The van der Waals surface area contributed by atoms with Gasteiger partial charge in [-0.2, -0.15) is 0 Å². The molecule has 2 aliphatic heterocycles. The number of benzene rings is 2. The summed E-state index contributed by atoms with van der Waals surface area (Å²) in [6.45, 7) is 0.318. The molecule has 3 aliphatic rings. The van der Waals surface area contributed by atoms with Crippen LogP contribution < -0.4 is 0 Å². The van der Waals surface area contributed by atoms with Crippen LogP contribution in [0.1, 0.15) is 41.9 Å². The standard InChI is InChI=1S/C27H23FN2O2/c28-26-15-29-12-11-20(26)17-13-18-9-10-19(14-17)30(18)27(31)32-16-25-23-7-3-1-5-21(23)22-6-2-4-8-24(22)25/h1-8,11-13,15,18-19,25H,9-10,14,16H2. The Morgan fingerprint density at radius 1 is 1.00 bits per heavy atom. The van der Waals surface area contributed by atoms with Gasteiger partial charge in [0.25, 0.3) is 0 Å². The lowest BCUT2D eigenvalue weighted by Crippen LogP contribution is -2.43. The van der Waals surface area contributed by atoms with Gasteiger partial charge in [0.05, 0.1) is 12.2 Å². The Balaban J connectivity index is 1.21. The highest BCUT2D eigenvalue weighted by molar-refractivity contribution is 5.79. The Labute approximate surface area is 186 Å². The minimum atomic E-state index is -0.312. The number of hydrogen-bond acceptors (Lipinski definition) is 3. The lowest BCUT2D eigenvalue weighted by Gasteiger charge is -2.33. The molecule has 1 aromatic heterocycles. The molecule has 1 aliphatic carbocycles. The zero-order chi connectivity index (χ0) is 21.7. The second-order valence-corrected chi connectivity index (χ2v) is 8.76. The molecule has 2 atom stereocenters. The Morgan fingerprint density at radius 3 is 2.41 bits per heavy atom. The van der Waals surface area contributed by atoms with Crippen LogP contribution in [0.2, 0.25) is 0 Å². The van der Waals surface area contributed by atoms with Crippen molar-refractivity contribution in [3.8, 4) is 11.1 Å². The van der Waals surface area contributed by atoms with Gasteiger partial charge in [0.1, 0.15) is 12.4 Å². The number of rotatable bonds is 3. The Bertz CT molecular complexity index is 1190. The van der Waals surface area contributed by atoms with Crippen molar-refractivity contribution in [3.05, 3.63) is 95.6 Å². The molecule has 3 aromatic rings. The van der Waals surface area contributed by atoms with Gasteiger partial charge in [0, 0.05) is 23.7 Å². The first-order valence-electron chi connectivity index (χ1n) is 11.1. The molecule has 6 rings (SSSR count). The average molecular weight is 426 g/mol. The summed E-state index contributed by atoms with van der Waals surface area (Å²) in [6.07, 6.45) is 7.04. The van der Waals surface area contributed by atoms with Crippen LogP contribution in [-0.2, 0) is 4.74 Å². The largest absolute Gasteiger partial charge is 0.448 e. The highest BCUT2D eigenvalue weighted by Crippen LogP contribution is 2.45. The normalized spacial score (nSPS) is 21.2. The van der Waals surface area contributed by atoms with Gasteiger partial charge >= 0.3 is 6.09 Å².